The monoisotopic (exact) mass is 159 g/mol. The second-order valence-corrected chi connectivity index (χ2v) is 2.09. The lowest BCUT2D eigenvalue weighted by molar-refractivity contribution is -1.92. The highest BCUT2D eigenvalue weighted by Crippen LogP contribution is 1.91. The lowest BCUT2D eigenvalue weighted by atomic mass is 10.7. The van der Waals surface area contributed by atoms with Crippen LogP contribution in [0.3, 0.4) is 0 Å². The number of aliphatic hydroxyl groups is 1. The van der Waals surface area contributed by atoms with Gasteiger partial charge in [-0.25, -0.2) is 0 Å². The van der Waals surface area contributed by atoms with E-state index in [1.54, 1.807) is 0 Å². The molecule has 0 aromatic rings. The van der Waals surface area contributed by atoms with E-state index in [1.165, 1.54) is 0 Å². The van der Waals surface area contributed by atoms with Gasteiger partial charge in [0, 0.05) is 0 Å². The number of rotatable bonds is 3. The van der Waals surface area contributed by atoms with Crippen molar-refractivity contribution in [2.75, 3.05) is 6.54 Å². The summed E-state index contributed by atoms with van der Waals surface area (Å²) in [5, 5.41) is 8.26. The zero-order valence-corrected chi connectivity index (χ0v) is 5.08. The molecule has 0 aromatic heterocycles. The van der Waals surface area contributed by atoms with Crippen molar-refractivity contribution >= 4 is 0 Å². The Kier molecular flexibility index (Phi) is 3.30. The third-order valence-electron chi connectivity index (χ3n) is 0.414. The molecule has 56 valence electrons. The molecule has 0 saturated carbocycles. The first kappa shape index (κ1) is 9.05. The average Bonchev–Trinajstić information content (AvgIpc) is 1.62. The van der Waals surface area contributed by atoms with Crippen LogP contribution in [-0.4, -0.2) is 17.9 Å². The van der Waals surface area contributed by atoms with E-state index in [1.807, 2.05) is 0 Å². The summed E-state index contributed by atoms with van der Waals surface area (Å²) in [4.78, 5) is 0. The van der Waals surface area contributed by atoms with E-state index in [0.29, 0.717) is 0 Å². The van der Waals surface area contributed by atoms with Gasteiger partial charge in [-0.2, -0.15) is 14.0 Å². The maximum Gasteiger partial charge on any atom is 0.323 e. The molecule has 7 heteroatoms. The Morgan fingerprint density at radius 3 is 2.11 bits per heavy atom. The summed E-state index contributed by atoms with van der Waals surface area (Å²) < 4.78 is 32.1. The van der Waals surface area contributed by atoms with Gasteiger partial charge in [0.15, 0.2) is 0 Å². The second-order valence-electron chi connectivity index (χ2n) is 1.16. The largest absolute Gasteiger partial charge is 0.355 e. The molecule has 0 aliphatic rings. The fourth-order valence-corrected chi connectivity index (χ4v) is 0.487. The van der Waals surface area contributed by atoms with Gasteiger partial charge in [0.05, 0.1) is 16.8 Å². The summed E-state index contributed by atoms with van der Waals surface area (Å²) >= 11 is 0. The SMILES string of the molecule is NCC(O)O[Cl+3]([O-])([O-])[O-]. The first-order valence-electron chi connectivity index (χ1n) is 1.93. The summed E-state index contributed by atoms with van der Waals surface area (Å²) in [6.07, 6.45) is -1.74. The van der Waals surface area contributed by atoms with Crippen LogP contribution in [0, 0.1) is 10.2 Å². The van der Waals surface area contributed by atoms with Crippen molar-refractivity contribution in [3.63, 3.8) is 0 Å². The van der Waals surface area contributed by atoms with Gasteiger partial charge in [-0.1, -0.05) is 0 Å². The standard InChI is InChI=1S/C2H6ClNO5/c4-1-2(5)9-3(6,7)8/h2,5H,1,4H2. The number of aliphatic hydroxyl groups excluding tert-OH is 1. The van der Waals surface area contributed by atoms with Crippen LogP contribution in [0.2, 0.25) is 0 Å². The molecule has 0 heterocycles. The molecule has 0 bridgehead atoms. The third kappa shape index (κ3) is 5.93. The van der Waals surface area contributed by atoms with E-state index < -0.39 is 23.1 Å². The molecular formula is C2H6ClNO5. The van der Waals surface area contributed by atoms with Crippen LogP contribution >= 0.6 is 0 Å². The molecule has 0 aliphatic heterocycles. The van der Waals surface area contributed by atoms with E-state index in [4.69, 9.17) is 10.8 Å². The Labute approximate surface area is 53.2 Å². The highest BCUT2D eigenvalue weighted by atomic mass is 35.7. The van der Waals surface area contributed by atoms with Gasteiger partial charge in [-0.15, -0.1) is 0 Å². The van der Waals surface area contributed by atoms with Crippen molar-refractivity contribution in [3.05, 3.63) is 0 Å². The van der Waals surface area contributed by atoms with Crippen LogP contribution in [0.5, 0.6) is 0 Å². The van der Waals surface area contributed by atoms with Crippen LogP contribution in [0.15, 0.2) is 0 Å². The highest BCUT2D eigenvalue weighted by Gasteiger charge is 2.24. The normalized spacial score (nSPS) is 15.7. The summed E-state index contributed by atoms with van der Waals surface area (Å²) in [6.45, 7) is -0.436. The molecular weight excluding hydrogens is 153 g/mol. The Morgan fingerprint density at radius 2 is 2.00 bits per heavy atom. The van der Waals surface area contributed by atoms with Crippen LogP contribution in [0.1, 0.15) is 0 Å². The number of nitrogens with two attached hydrogens (primary N) is 1. The molecule has 0 aliphatic carbocycles. The topological polar surface area (TPSA) is 125 Å². The Morgan fingerprint density at radius 1 is 1.56 bits per heavy atom. The Balaban J connectivity index is 3.47. The van der Waals surface area contributed by atoms with Crippen LogP contribution in [-0.2, 0) is 4.29 Å². The van der Waals surface area contributed by atoms with Crippen molar-refractivity contribution in [3.8, 4) is 0 Å². The molecule has 0 radical (unpaired) electrons. The molecule has 9 heavy (non-hydrogen) atoms. The smallest absolute Gasteiger partial charge is 0.323 e. The molecule has 1 atom stereocenters. The van der Waals surface area contributed by atoms with Crippen molar-refractivity contribution in [2.24, 2.45) is 5.73 Å². The van der Waals surface area contributed by atoms with Crippen molar-refractivity contribution < 1.29 is 33.6 Å². The van der Waals surface area contributed by atoms with Crippen LogP contribution in [0.4, 0.5) is 0 Å². The average molecular weight is 160 g/mol. The molecule has 3 N–H and O–H groups in total. The van der Waals surface area contributed by atoms with Gasteiger partial charge < -0.3 is 10.8 Å². The lowest BCUT2D eigenvalue weighted by Gasteiger charge is -2.13. The fraction of sp³-hybridized carbons (Fsp3) is 1.00. The van der Waals surface area contributed by atoms with Gasteiger partial charge in [-0.3, -0.25) is 0 Å². The molecule has 0 rings (SSSR count). The summed E-state index contributed by atoms with van der Waals surface area (Å²) in [7, 11) is -4.56. The van der Waals surface area contributed by atoms with E-state index in [-0.39, 0.29) is 0 Å². The minimum Gasteiger partial charge on any atom is -0.355 e. The summed E-state index contributed by atoms with van der Waals surface area (Å²) in [5.74, 6) is 0. The van der Waals surface area contributed by atoms with Crippen molar-refractivity contribution in [2.45, 2.75) is 6.29 Å². The summed E-state index contributed by atoms with van der Waals surface area (Å²) in [6, 6.07) is 0. The Hall–Kier alpha value is 0.0500. The lowest BCUT2D eigenvalue weighted by Crippen LogP contribution is -2.62. The van der Waals surface area contributed by atoms with Gasteiger partial charge in [0.2, 0.25) is 0 Å². The molecule has 0 aromatic carbocycles. The minimum atomic E-state index is -4.56. The number of halogens is 1. The van der Waals surface area contributed by atoms with Crippen LogP contribution in [0.25, 0.3) is 0 Å². The number of hydrogen-bond acceptors (Lipinski definition) is 6. The molecule has 6 nitrogen and oxygen atoms in total. The third-order valence-corrected chi connectivity index (χ3v) is 0.837. The molecule has 0 amide bonds. The van der Waals surface area contributed by atoms with Gasteiger partial charge in [0.1, 0.15) is 4.29 Å². The minimum absolute atomic E-state index is 0.436. The molecule has 0 saturated heterocycles. The first-order chi connectivity index (χ1) is 3.95. The van der Waals surface area contributed by atoms with Gasteiger partial charge in [0.25, 0.3) is 0 Å². The quantitative estimate of drug-likeness (QED) is 0.398. The second kappa shape index (κ2) is 3.28. The van der Waals surface area contributed by atoms with E-state index >= 15 is 0 Å². The Bertz CT molecular complexity index is 81.5. The predicted molar refractivity (Wildman–Crippen MR) is 16.1 cm³/mol. The first-order valence-corrected chi connectivity index (χ1v) is 3.16. The van der Waals surface area contributed by atoms with Gasteiger partial charge in [-0.05, 0) is 0 Å². The molecule has 0 fully saturated rings. The fourth-order valence-electron chi connectivity index (χ4n) is 0.162. The van der Waals surface area contributed by atoms with Gasteiger partial charge >= 0.3 is 6.29 Å². The number of hydrogen-bond donors (Lipinski definition) is 2. The maximum absolute atomic E-state index is 9.58. The maximum atomic E-state index is 9.58. The van der Waals surface area contributed by atoms with E-state index in [0.717, 1.165) is 0 Å². The van der Waals surface area contributed by atoms with E-state index in [2.05, 4.69) is 4.29 Å². The van der Waals surface area contributed by atoms with Crippen molar-refractivity contribution in [1.82, 2.24) is 0 Å². The summed E-state index contributed by atoms with van der Waals surface area (Å²) in [5.41, 5.74) is 4.70. The van der Waals surface area contributed by atoms with Crippen molar-refractivity contribution in [1.29, 1.82) is 0 Å². The zero-order valence-electron chi connectivity index (χ0n) is 4.32. The zero-order chi connectivity index (χ0) is 7.49. The van der Waals surface area contributed by atoms with E-state index in [9.17, 15) is 14.0 Å². The van der Waals surface area contributed by atoms with Crippen LogP contribution < -0.4 is 19.7 Å². The predicted octanol–water partition coefficient (Wildman–Crippen LogP) is -4.82. The molecule has 0 spiro atoms. The highest BCUT2D eigenvalue weighted by molar-refractivity contribution is 4.30. The molecule has 1 unspecified atom stereocenters.